The van der Waals surface area contributed by atoms with E-state index < -0.39 is 12.1 Å². The maximum absolute atomic E-state index is 10.4. The summed E-state index contributed by atoms with van der Waals surface area (Å²) in [7, 11) is 2.05. The predicted molar refractivity (Wildman–Crippen MR) is 65.2 cm³/mol. The number of aliphatic carboxylic acids is 1. The molecule has 1 aliphatic heterocycles. The number of anilines is 1. The molecule has 2 N–H and O–H groups in total. The van der Waals surface area contributed by atoms with Gasteiger partial charge < -0.3 is 15.1 Å². The van der Waals surface area contributed by atoms with Crippen LogP contribution < -0.4 is 4.90 Å². The number of benzene rings is 1. The molecule has 2 rings (SSSR count). The van der Waals surface area contributed by atoms with Crippen LogP contribution in [0, 0.1) is 0 Å². The van der Waals surface area contributed by atoms with Crippen molar-refractivity contribution in [3.05, 3.63) is 29.3 Å². The second kappa shape index (κ2) is 4.75. The molecule has 0 radical (unpaired) electrons. The van der Waals surface area contributed by atoms with Crippen molar-refractivity contribution in [2.75, 3.05) is 18.5 Å². The average molecular weight is 235 g/mol. The standard InChI is InChI=1S/C13H17NO3/c1-14-7-6-9-8-10(2-3-11(9)14)12(15)4-5-13(16)17/h2-3,8,12,15H,4-7H2,1H3,(H,16,17). The summed E-state index contributed by atoms with van der Waals surface area (Å²) in [5.74, 6) is -0.870. The van der Waals surface area contributed by atoms with Crippen molar-refractivity contribution in [3.8, 4) is 0 Å². The third-order valence-corrected chi connectivity index (χ3v) is 3.25. The third-order valence-electron chi connectivity index (χ3n) is 3.25. The van der Waals surface area contributed by atoms with Crippen molar-refractivity contribution in [1.82, 2.24) is 0 Å². The molecule has 17 heavy (non-hydrogen) atoms. The summed E-state index contributed by atoms with van der Waals surface area (Å²) in [6.07, 6.45) is 0.579. The first-order chi connectivity index (χ1) is 8.08. The monoisotopic (exact) mass is 235 g/mol. The van der Waals surface area contributed by atoms with Gasteiger partial charge in [-0.1, -0.05) is 12.1 Å². The summed E-state index contributed by atoms with van der Waals surface area (Å²) in [6, 6.07) is 5.88. The quantitative estimate of drug-likeness (QED) is 0.831. The van der Waals surface area contributed by atoms with Crippen molar-refractivity contribution in [3.63, 3.8) is 0 Å². The Balaban J connectivity index is 2.09. The number of fused-ring (bicyclic) bond motifs is 1. The van der Waals surface area contributed by atoms with Gasteiger partial charge in [0, 0.05) is 25.7 Å². The number of carboxylic acid groups (broad SMARTS) is 1. The summed E-state index contributed by atoms with van der Waals surface area (Å²) < 4.78 is 0. The molecule has 1 heterocycles. The Bertz CT molecular complexity index is 431. The normalized spacial score (nSPS) is 15.8. The highest BCUT2D eigenvalue weighted by Gasteiger charge is 2.18. The van der Waals surface area contributed by atoms with E-state index in [0.717, 1.165) is 18.5 Å². The van der Waals surface area contributed by atoms with Crippen LogP contribution in [0.3, 0.4) is 0 Å². The molecule has 1 aromatic rings. The van der Waals surface area contributed by atoms with Crippen LogP contribution in [0.2, 0.25) is 0 Å². The fourth-order valence-corrected chi connectivity index (χ4v) is 2.22. The molecule has 92 valence electrons. The van der Waals surface area contributed by atoms with Gasteiger partial charge in [0.25, 0.3) is 0 Å². The first kappa shape index (κ1) is 11.9. The number of nitrogens with zero attached hydrogens (tertiary/aromatic N) is 1. The minimum Gasteiger partial charge on any atom is -0.481 e. The molecule has 0 aliphatic carbocycles. The van der Waals surface area contributed by atoms with Crippen LogP contribution >= 0.6 is 0 Å². The van der Waals surface area contributed by atoms with Crippen LogP contribution in [0.25, 0.3) is 0 Å². The van der Waals surface area contributed by atoms with Crippen molar-refractivity contribution >= 4 is 11.7 Å². The molecular formula is C13H17NO3. The SMILES string of the molecule is CN1CCc2cc(C(O)CCC(=O)O)ccc21. The molecule has 0 saturated carbocycles. The second-order valence-electron chi connectivity index (χ2n) is 4.51. The van der Waals surface area contributed by atoms with E-state index in [2.05, 4.69) is 4.90 Å². The van der Waals surface area contributed by atoms with E-state index in [1.807, 2.05) is 25.2 Å². The predicted octanol–water partition coefficient (Wildman–Crippen LogP) is 1.58. The lowest BCUT2D eigenvalue weighted by Gasteiger charge is -2.14. The number of likely N-dealkylation sites (N-methyl/N-ethyl adjacent to an activating group) is 1. The Morgan fingerprint density at radius 1 is 1.53 bits per heavy atom. The Labute approximate surface area is 100 Å². The zero-order valence-corrected chi connectivity index (χ0v) is 9.89. The van der Waals surface area contributed by atoms with Crippen LogP contribution in [-0.2, 0) is 11.2 Å². The molecule has 1 aliphatic rings. The molecule has 0 saturated heterocycles. The van der Waals surface area contributed by atoms with Gasteiger partial charge in [0.1, 0.15) is 0 Å². The number of aliphatic hydroxyl groups excluding tert-OH is 1. The molecule has 4 nitrogen and oxygen atoms in total. The molecule has 1 aromatic carbocycles. The molecule has 1 unspecified atom stereocenters. The highest BCUT2D eigenvalue weighted by atomic mass is 16.4. The summed E-state index contributed by atoms with van der Waals surface area (Å²) in [4.78, 5) is 12.6. The molecule has 1 atom stereocenters. The average Bonchev–Trinajstić information content (AvgIpc) is 2.67. The number of hydrogen-bond acceptors (Lipinski definition) is 3. The maximum atomic E-state index is 10.4. The van der Waals surface area contributed by atoms with E-state index >= 15 is 0 Å². The molecule has 0 aromatic heterocycles. The van der Waals surface area contributed by atoms with Crippen molar-refractivity contribution < 1.29 is 15.0 Å². The second-order valence-corrected chi connectivity index (χ2v) is 4.51. The van der Waals surface area contributed by atoms with Crippen LogP contribution in [-0.4, -0.2) is 29.8 Å². The molecule has 0 fully saturated rings. The van der Waals surface area contributed by atoms with Gasteiger partial charge in [-0.15, -0.1) is 0 Å². The lowest BCUT2D eigenvalue weighted by Crippen LogP contribution is -2.12. The lowest BCUT2D eigenvalue weighted by atomic mass is 10.0. The van der Waals surface area contributed by atoms with Crippen molar-refractivity contribution in [2.24, 2.45) is 0 Å². The topological polar surface area (TPSA) is 60.8 Å². The van der Waals surface area contributed by atoms with Gasteiger partial charge in [0.2, 0.25) is 0 Å². The Kier molecular flexibility index (Phi) is 3.33. The van der Waals surface area contributed by atoms with Crippen LogP contribution in [0.15, 0.2) is 18.2 Å². The van der Waals surface area contributed by atoms with Gasteiger partial charge in [-0.05, 0) is 30.0 Å². The van der Waals surface area contributed by atoms with Crippen LogP contribution in [0.5, 0.6) is 0 Å². The molecule has 0 amide bonds. The minimum absolute atomic E-state index is 0.00183. The summed E-state index contributed by atoms with van der Waals surface area (Å²) >= 11 is 0. The van der Waals surface area contributed by atoms with Gasteiger partial charge >= 0.3 is 5.97 Å². The van der Waals surface area contributed by atoms with E-state index in [1.165, 1.54) is 11.3 Å². The summed E-state index contributed by atoms with van der Waals surface area (Å²) in [6.45, 7) is 1.00. The Morgan fingerprint density at radius 2 is 2.29 bits per heavy atom. The highest BCUT2D eigenvalue weighted by Crippen LogP contribution is 2.30. The van der Waals surface area contributed by atoms with Crippen LogP contribution in [0.1, 0.15) is 30.1 Å². The minimum atomic E-state index is -0.870. The van der Waals surface area contributed by atoms with Gasteiger partial charge in [-0.2, -0.15) is 0 Å². The zero-order chi connectivity index (χ0) is 12.4. The maximum Gasteiger partial charge on any atom is 0.303 e. The fraction of sp³-hybridized carbons (Fsp3) is 0.462. The van der Waals surface area contributed by atoms with E-state index in [1.54, 1.807) is 0 Å². The van der Waals surface area contributed by atoms with Crippen molar-refractivity contribution in [1.29, 1.82) is 0 Å². The van der Waals surface area contributed by atoms with Gasteiger partial charge in [0.15, 0.2) is 0 Å². The number of hydrogen-bond donors (Lipinski definition) is 2. The lowest BCUT2D eigenvalue weighted by molar-refractivity contribution is -0.137. The highest BCUT2D eigenvalue weighted by molar-refractivity contribution is 5.66. The number of aliphatic hydroxyl groups is 1. The zero-order valence-electron chi connectivity index (χ0n) is 9.89. The van der Waals surface area contributed by atoms with E-state index in [-0.39, 0.29) is 12.8 Å². The largest absolute Gasteiger partial charge is 0.481 e. The smallest absolute Gasteiger partial charge is 0.303 e. The summed E-state index contributed by atoms with van der Waals surface area (Å²) in [5.41, 5.74) is 3.26. The van der Waals surface area contributed by atoms with E-state index in [9.17, 15) is 9.90 Å². The third kappa shape index (κ3) is 2.58. The van der Waals surface area contributed by atoms with Gasteiger partial charge in [0.05, 0.1) is 6.10 Å². The number of carboxylic acids is 1. The Hall–Kier alpha value is -1.55. The Morgan fingerprint density at radius 3 is 3.00 bits per heavy atom. The van der Waals surface area contributed by atoms with Crippen molar-refractivity contribution in [2.45, 2.75) is 25.4 Å². The molecule has 4 heteroatoms. The fourth-order valence-electron chi connectivity index (χ4n) is 2.22. The van der Waals surface area contributed by atoms with E-state index in [4.69, 9.17) is 5.11 Å². The summed E-state index contributed by atoms with van der Waals surface area (Å²) in [5, 5.41) is 18.5. The number of carbonyl (C=O) groups is 1. The van der Waals surface area contributed by atoms with Gasteiger partial charge in [-0.3, -0.25) is 4.79 Å². The van der Waals surface area contributed by atoms with Gasteiger partial charge in [-0.25, -0.2) is 0 Å². The number of rotatable bonds is 4. The molecule has 0 bridgehead atoms. The molecule has 0 spiro atoms. The first-order valence-electron chi connectivity index (χ1n) is 5.82. The molecular weight excluding hydrogens is 218 g/mol. The first-order valence-corrected chi connectivity index (χ1v) is 5.82. The van der Waals surface area contributed by atoms with E-state index in [0.29, 0.717) is 0 Å². The van der Waals surface area contributed by atoms with Crippen LogP contribution in [0.4, 0.5) is 5.69 Å².